The Morgan fingerprint density at radius 2 is 1.80 bits per heavy atom. The summed E-state index contributed by atoms with van der Waals surface area (Å²) >= 11 is 0. The molecule has 0 rings (SSSR count). The van der Waals surface area contributed by atoms with Crippen molar-refractivity contribution in [2.75, 3.05) is 47.1 Å². The molecule has 0 heterocycles. The van der Waals surface area contributed by atoms with Crippen LogP contribution in [0.1, 0.15) is 19.8 Å². The van der Waals surface area contributed by atoms with Crippen molar-refractivity contribution in [2.45, 2.75) is 25.8 Å². The van der Waals surface area contributed by atoms with Crippen LogP contribution < -0.4 is 5.73 Å². The SMILES string of the molecule is CCC(N)CN(CCCOC)CCOC. The van der Waals surface area contributed by atoms with Gasteiger partial charge in [-0.25, -0.2) is 0 Å². The number of hydrogen-bond acceptors (Lipinski definition) is 4. The van der Waals surface area contributed by atoms with Gasteiger partial charge >= 0.3 is 0 Å². The molecule has 0 radical (unpaired) electrons. The predicted molar refractivity (Wildman–Crippen MR) is 63.1 cm³/mol. The monoisotopic (exact) mass is 218 g/mol. The number of ether oxygens (including phenoxy) is 2. The second-order valence-corrected chi connectivity index (χ2v) is 3.81. The van der Waals surface area contributed by atoms with Gasteiger partial charge in [0, 0.05) is 46.5 Å². The molecular weight excluding hydrogens is 192 g/mol. The summed E-state index contributed by atoms with van der Waals surface area (Å²) in [6.45, 7) is 6.63. The first-order valence-corrected chi connectivity index (χ1v) is 5.70. The van der Waals surface area contributed by atoms with Crippen molar-refractivity contribution >= 4 is 0 Å². The number of nitrogens with zero attached hydrogens (tertiary/aromatic N) is 1. The smallest absolute Gasteiger partial charge is 0.0589 e. The third-order valence-electron chi connectivity index (χ3n) is 2.45. The highest BCUT2D eigenvalue weighted by molar-refractivity contribution is 4.66. The Kier molecular flexibility index (Phi) is 10.3. The molecule has 1 atom stereocenters. The molecular formula is C11H26N2O2. The Bertz CT molecular complexity index is 134. The average Bonchev–Trinajstić information content (AvgIpc) is 2.25. The van der Waals surface area contributed by atoms with Crippen LogP contribution in [0.2, 0.25) is 0 Å². The zero-order chi connectivity index (χ0) is 11.5. The van der Waals surface area contributed by atoms with Gasteiger partial charge in [-0.2, -0.15) is 0 Å². The van der Waals surface area contributed by atoms with Crippen LogP contribution >= 0.6 is 0 Å². The van der Waals surface area contributed by atoms with Crippen LogP contribution in [-0.2, 0) is 9.47 Å². The number of nitrogens with two attached hydrogens (primary N) is 1. The molecule has 0 saturated heterocycles. The van der Waals surface area contributed by atoms with Crippen LogP contribution in [0.5, 0.6) is 0 Å². The van der Waals surface area contributed by atoms with Gasteiger partial charge in [-0.05, 0) is 12.8 Å². The molecule has 0 fully saturated rings. The summed E-state index contributed by atoms with van der Waals surface area (Å²) in [7, 11) is 3.46. The Labute approximate surface area is 93.7 Å². The standard InChI is InChI=1S/C11H26N2O2/c1-4-11(12)10-13(7-9-15-3)6-5-8-14-2/h11H,4-10,12H2,1-3H3. The summed E-state index contributed by atoms with van der Waals surface area (Å²) in [5, 5.41) is 0. The van der Waals surface area contributed by atoms with Gasteiger partial charge < -0.3 is 15.2 Å². The van der Waals surface area contributed by atoms with Crippen molar-refractivity contribution in [3.63, 3.8) is 0 Å². The summed E-state index contributed by atoms with van der Waals surface area (Å²) in [6, 6.07) is 0.268. The van der Waals surface area contributed by atoms with Crippen molar-refractivity contribution in [3.8, 4) is 0 Å². The summed E-state index contributed by atoms with van der Waals surface area (Å²) in [5.74, 6) is 0. The molecule has 2 N–H and O–H groups in total. The normalized spacial score (nSPS) is 13.4. The van der Waals surface area contributed by atoms with Crippen LogP contribution in [0, 0.1) is 0 Å². The summed E-state index contributed by atoms with van der Waals surface area (Å²) in [6.07, 6.45) is 2.07. The summed E-state index contributed by atoms with van der Waals surface area (Å²) < 4.78 is 10.1. The zero-order valence-corrected chi connectivity index (χ0v) is 10.4. The van der Waals surface area contributed by atoms with Crippen molar-refractivity contribution in [3.05, 3.63) is 0 Å². The van der Waals surface area contributed by atoms with Crippen molar-refractivity contribution < 1.29 is 9.47 Å². The van der Waals surface area contributed by atoms with E-state index in [4.69, 9.17) is 15.2 Å². The quantitative estimate of drug-likeness (QED) is 0.549. The van der Waals surface area contributed by atoms with E-state index in [-0.39, 0.29) is 6.04 Å². The van der Waals surface area contributed by atoms with Crippen molar-refractivity contribution in [1.29, 1.82) is 0 Å². The van der Waals surface area contributed by atoms with E-state index in [1.807, 2.05) is 0 Å². The Balaban J connectivity index is 3.72. The fraction of sp³-hybridized carbons (Fsp3) is 1.00. The molecule has 0 aliphatic carbocycles. The van der Waals surface area contributed by atoms with Crippen molar-refractivity contribution in [1.82, 2.24) is 4.90 Å². The van der Waals surface area contributed by atoms with Gasteiger partial charge in [-0.1, -0.05) is 6.92 Å². The number of methoxy groups -OCH3 is 2. The van der Waals surface area contributed by atoms with Crippen LogP contribution in [0.25, 0.3) is 0 Å². The predicted octanol–water partition coefficient (Wildman–Crippen LogP) is 0.709. The summed E-state index contributed by atoms with van der Waals surface area (Å²) in [4.78, 5) is 2.34. The maximum atomic E-state index is 5.94. The van der Waals surface area contributed by atoms with Crippen LogP contribution in [0.15, 0.2) is 0 Å². The molecule has 0 amide bonds. The molecule has 0 aliphatic rings. The van der Waals surface area contributed by atoms with Gasteiger partial charge in [-0.15, -0.1) is 0 Å². The molecule has 0 aromatic carbocycles. The first-order valence-electron chi connectivity index (χ1n) is 5.70. The fourth-order valence-electron chi connectivity index (χ4n) is 1.41. The molecule has 0 aliphatic heterocycles. The fourth-order valence-corrected chi connectivity index (χ4v) is 1.41. The molecule has 15 heavy (non-hydrogen) atoms. The zero-order valence-electron chi connectivity index (χ0n) is 10.4. The average molecular weight is 218 g/mol. The Hall–Kier alpha value is -0.160. The minimum atomic E-state index is 0.268. The molecule has 0 spiro atoms. The number of hydrogen-bond donors (Lipinski definition) is 1. The molecule has 0 bridgehead atoms. The summed E-state index contributed by atoms with van der Waals surface area (Å²) in [5.41, 5.74) is 5.94. The minimum Gasteiger partial charge on any atom is -0.385 e. The lowest BCUT2D eigenvalue weighted by atomic mass is 10.2. The molecule has 0 aromatic rings. The second kappa shape index (κ2) is 10.4. The van der Waals surface area contributed by atoms with Gasteiger partial charge in [0.25, 0.3) is 0 Å². The minimum absolute atomic E-state index is 0.268. The number of rotatable bonds is 10. The van der Waals surface area contributed by atoms with E-state index in [0.29, 0.717) is 0 Å². The first kappa shape index (κ1) is 14.8. The maximum absolute atomic E-state index is 5.94. The van der Waals surface area contributed by atoms with E-state index in [1.54, 1.807) is 14.2 Å². The van der Waals surface area contributed by atoms with Gasteiger partial charge in [-0.3, -0.25) is 4.90 Å². The van der Waals surface area contributed by atoms with Gasteiger partial charge in [0.2, 0.25) is 0 Å². The molecule has 4 nitrogen and oxygen atoms in total. The van der Waals surface area contributed by atoms with Crippen molar-refractivity contribution in [2.24, 2.45) is 5.73 Å². The Morgan fingerprint density at radius 1 is 1.13 bits per heavy atom. The topological polar surface area (TPSA) is 47.7 Å². The lowest BCUT2D eigenvalue weighted by Gasteiger charge is -2.24. The molecule has 1 unspecified atom stereocenters. The molecule has 0 saturated carbocycles. The van der Waals surface area contributed by atoms with Crippen LogP contribution in [0.3, 0.4) is 0 Å². The van der Waals surface area contributed by atoms with Crippen LogP contribution in [0.4, 0.5) is 0 Å². The van der Waals surface area contributed by atoms with E-state index in [0.717, 1.165) is 45.7 Å². The van der Waals surface area contributed by atoms with Gasteiger partial charge in [0.1, 0.15) is 0 Å². The molecule has 92 valence electrons. The first-order chi connectivity index (χ1) is 7.24. The molecule has 4 heteroatoms. The molecule has 0 aromatic heterocycles. The maximum Gasteiger partial charge on any atom is 0.0589 e. The highest BCUT2D eigenvalue weighted by atomic mass is 16.5. The van der Waals surface area contributed by atoms with E-state index in [2.05, 4.69) is 11.8 Å². The van der Waals surface area contributed by atoms with Crippen LogP contribution in [-0.4, -0.2) is 58.0 Å². The largest absolute Gasteiger partial charge is 0.385 e. The van der Waals surface area contributed by atoms with E-state index in [9.17, 15) is 0 Å². The van der Waals surface area contributed by atoms with Gasteiger partial charge in [0.15, 0.2) is 0 Å². The van der Waals surface area contributed by atoms with E-state index < -0.39 is 0 Å². The lowest BCUT2D eigenvalue weighted by Crippen LogP contribution is -2.39. The van der Waals surface area contributed by atoms with E-state index >= 15 is 0 Å². The third kappa shape index (κ3) is 8.81. The van der Waals surface area contributed by atoms with Gasteiger partial charge in [0.05, 0.1) is 6.61 Å². The lowest BCUT2D eigenvalue weighted by molar-refractivity contribution is 0.129. The second-order valence-electron chi connectivity index (χ2n) is 3.81. The highest BCUT2D eigenvalue weighted by Gasteiger charge is 2.08. The Morgan fingerprint density at radius 3 is 2.33 bits per heavy atom. The highest BCUT2D eigenvalue weighted by Crippen LogP contribution is 1.97. The third-order valence-corrected chi connectivity index (χ3v) is 2.45. The van der Waals surface area contributed by atoms with E-state index in [1.165, 1.54) is 0 Å².